The van der Waals surface area contributed by atoms with E-state index in [0.29, 0.717) is 17.4 Å². The molecule has 0 aromatic carbocycles. The Morgan fingerprint density at radius 2 is 2.00 bits per heavy atom. The summed E-state index contributed by atoms with van der Waals surface area (Å²) >= 11 is 0. The van der Waals surface area contributed by atoms with Gasteiger partial charge in [-0.3, -0.25) is 0 Å². The van der Waals surface area contributed by atoms with Gasteiger partial charge in [0.15, 0.2) is 0 Å². The van der Waals surface area contributed by atoms with Crippen molar-refractivity contribution in [3.63, 3.8) is 0 Å². The molecule has 1 aliphatic carbocycles. The Hall–Kier alpha value is -1.16. The molecule has 18 heavy (non-hydrogen) atoms. The van der Waals surface area contributed by atoms with E-state index in [1.54, 1.807) is 0 Å². The van der Waals surface area contributed by atoms with Gasteiger partial charge in [-0.1, -0.05) is 25.7 Å². The Bertz CT molecular complexity index is 389. The van der Waals surface area contributed by atoms with Crippen LogP contribution in [0, 0.1) is 5.82 Å². The SMILES string of the molecule is CN(c1ncc(F)cc1CO)C1CCCCCC1. The number of hydrogen-bond donors (Lipinski definition) is 1. The van der Waals surface area contributed by atoms with Crippen molar-refractivity contribution < 1.29 is 9.50 Å². The van der Waals surface area contributed by atoms with Crippen molar-refractivity contribution in [3.05, 3.63) is 23.6 Å². The highest BCUT2D eigenvalue weighted by atomic mass is 19.1. The Balaban J connectivity index is 2.18. The first-order valence-electron chi connectivity index (χ1n) is 6.70. The molecule has 0 saturated heterocycles. The number of nitrogens with zero attached hydrogens (tertiary/aromatic N) is 2. The van der Waals surface area contributed by atoms with Gasteiger partial charge in [-0.2, -0.15) is 0 Å². The fourth-order valence-electron chi connectivity index (χ4n) is 2.73. The maximum atomic E-state index is 13.1. The van der Waals surface area contributed by atoms with Gasteiger partial charge in [0.2, 0.25) is 0 Å². The number of aromatic nitrogens is 1. The first-order chi connectivity index (χ1) is 8.72. The quantitative estimate of drug-likeness (QED) is 0.840. The Morgan fingerprint density at radius 3 is 2.61 bits per heavy atom. The van der Waals surface area contributed by atoms with Gasteiger partial charge in [0.1, 0.15) is 11.6 Å². The van der Waals surface area contributed by atoms with Crippen LogP contribution in [0.2, 0.25) is 0 Å². The summed E-state index contributed by atoms with van der Waals surface area (Å²) < 4.78 is 13.1. The van der Waals surface area contributed by atoms with E-state index < -0.39 is 5.82 Å². The minimum Gasteiger partial charge on any atom is -0.392 e. The van der Waals surface area contributed by atoms with Gasteiger partial charge in [0.25, 0.3) is 0 Å². The summed E-state index contributed by atoms with van der Waals surface area (Å²) in [5.41, 5.74) is 0.571. The highest BCUT2D eigenvalue weighted by Gasteiger charge is 2.20. The molecule has 100 valence electrons. The molecule has 4 heteroatoms. The van der Waals surface area contributed by atoms with Crippen LogP contribution in [-0.2, 0) is 6.61 Å². The Kier molecular flexibility index (Phi) is 4.53. The minimum atomic E-state index is -0.392. The molecule has 0 unspecified atom stereocenters. The predicted molar refractivity (Wildman–Crippen MR) is 70.0 cm³/mol. The van der Waals surface area contributed by atoms with Crippen LogP contribution in [0.25, 0.3) is 0 Å². The second-order valence-electron chi connectivity index (χ2n) is 5.05. The second kappa shape index (κ2) is 6.14. The summed E-state index contributed by atoms with van der Waals surface area (Å²) in [5.74, 6) is 0.322. The van der Waals surface area contributed by atoms with Gasteiger partial charge < -0.3 is 10.0 Å². The molecule has 1 aromatic rings. The summed E-state index contributed by atoms with van der Waals surface area (Å²) in [6.07, 6.45) is 8.61. The highest BCUT2D eigenvalue weighted by Crippen LogP contribution is 2.26. The summed E-state index contributed by atoms with van der Waals surface area (Å²) in [6, 6.07) is 1.82. The van der Waals surface area contributed by atoms with Crippen molar-refractivity contribution in [1.29, 1.82) is 0 Å². The predicted octanol–water partition coefficient (Wildman–Crippen LogP) is 2.87. The third kappa shape index (κ3) is 2.99. The zero-order valence-corrected chi connectivity index (χ0v) is 10.9. The summed E-state index contributed by atoms with van der Waals surface area (Å²) in [7, 11) is 2.00. The number of aliphatic hydroxyl groups excluding tert-OH is 1. The van der Waals surface area contributed by atoms with Crippen molar-refractivity contribution >= 4 is 5.82 Å². The van der Waals surface area contributed by atoms with Crippen molar-refractivity contribution in [2.24, 2.45) is 0 Å². The number of aliphatic hydroxyl groups is 1. The van der Waals surface area contributed by atoms with Crippen LogP contribution in [0.5, 0.6) is 0 Å². The lowest BCUT2D eigenvalue weighted by Crippen LogP contribution is -2.32. The van der Waals surface area contributed by atoms with E-state index in [0.717, 1.165) is 12.8 Å². The van der Waals surface area contributed by atoms with Gasteiger partial charge in [-0.05, 0) is 18.9 Å². The second-order valence-corrected chi connectivity index (χ2v) is 5.05. The molecule has 2 rings (SSSR count). The van der Waals surface area contributed by atoms with E-state index in [2.05, 4.69) is 9.88 Å². The molecule has 1 saturated carbocycles. The molecule has 3 nitrogen and oxygen atoms in total. The fraction of sp³-hybridized carbons (Fsp3) is 0.643. The summed E-state index contributed by atoms with van der Waals surface area (Å²) in [4.78, 5) is 6.25. The topological polar surface area (TPSA) is 36.4 Å². The lowest BCUT2D eigenvalue weighted by molar-refractivity contribution is 0.280. The van der Waals surface area contributed by atoms with Gasteiger partial charge in [0, 0.05) is 18.7 Å². The normalized spacial score (nSPS) is 17.5. The highest BCUT2D eigenvalue weighted by molar-refractivity contribution is 5.46. The number of pyridine rings is 1. The van der Waals surface area contributed by atoms with Crippen molar-refractivity contribution in [2.45, 2.75) is 51.2 Å². The molecule has 0 bridgehead atoms. The minimum absolute atomic E-state index is 0.169. The van der Waals surface area contributed by atoms with E-state index in [1.165, 1.54) is 37.9 Å². The van der Waals surface area contributed by atoms with E-state index in [9.17, 15) is 9.50 Å². The maximum Gasteiger partial charge on any atom is 0.142 e. The van der Waals surface area contributed by atoms with E-state index in [1.807, 2.05) is 7.05 Å². The lowest BCUT2D eigenvalue weighted by Gasteiger charge is -2.29. The smallest absolute Gasteiger partial charge is 0.142 e. The summed E-state index contributed by atoms with van der Waals surface area (Å²) in [6.45, 7) is -0.169. The maximum absolute atomic E-state index is 13.1. The molecule has 0 radical (unpaired) electrons. The van der Waals surface area contributed by atoms with Crippen LogP contribution in [-0.4, -0.2) is 23.2 Å². The van der Waals surface area contributed by atoms with E-state index >= 15 is 0 Å². The van der Waals surface area contributed by atoms with Crippen LogP contribution in [0.1, 0.15) is 44.1 Å². The standard InChI is InChI=1S/C14H21FN2O/c1-17(13-6-4-2-3-5-7-13)14-11(10-18)8-12(15)9-16-14/h8-9,13,18H,2-7,10H2,1H3. The van der Waals surface area contributed by atoms with Crippen LogP contribution in [0.3, 0.4) is 0 Å². The van der Waals surface area contributed by atoms with Gasteiger partial charge >= 0.3 is 0 Å². The van der Waals surface area contributed by atoms with Gasteiger partial charge in [-0.25, -0.2) is 9.37 Å². The van der Waals surface area contributed by atoms with Gasteiger partial charge in [-0.15, -0.1) is 0 Å². The van der Waals surface area contributed by atoms with Crippen LogP contribution in [0.4, 0.5) is 10.2 Å². The van der Waals surface area contributed by atoms with E-state index in [4.69, 9.17) is 0 Å². The fourth-order valence-corrected chi connectivity index (χ4v) is 2.73. The molecule has 1 N–H and O–H groups in total. The molecule has 0 spiro atoms. The average molecular weight is 252 g/mol. The molecule has 0 atom stereocenters. The molecule has 0 amide bonds. The lowest BCUT2D eigenvalue weighted by atomic mass is 10.1. The molecule has 1 aliphatic rings. The van der Waals surface area contributed by atoms with Crippen molar-refractivity contribution in [2.75, 3.05) is 11.9 Å². The van der Waals surface area contributed by atoms with Crippen molar-refractivity contribution in [1.82, 2.24) is 4.98 Å². The van der Waals surface area contributed by atoms with Crippen LogP contribution < -0.4 is 4.90 Å². The molecule has 1 aromatic heterocycles. The molecule has 1 fully saturated rings. The zero-order valence-electron chi connectivity index (χ0n) is 10.9. The Labute approximate surface area is 108 Å². The number of hydrogen-bond acceptors (Lipinski definition) is 3. The number of rotatable bonds is 3. The molecule has 1 heterocycles. The average Bonchev–Trinajstić information content (AvgIpc) is 2.66. The third-order valence-corrected chi connectivity index (χ3v) is 3.79. The van der Waals surface area contributed by atoms with Crippen LogP contribution >= 0.6 is 0 Å². The molecular formula is C14H21FN2O. The molecule has 0 aliphatic heterocycles. The zero-order chi connectivity index (χ0) is 13.0. The van der Waals surface area contributed by atoms with Crippen molar-refractivity contribution in [3.8, 4) is 0 Å². The van der Waals surface area contributed by atoms with Gasteiger partial charge in [0.05, 0.1) is 12.8 Å². The Morgan fingerprint density at radius 1 is 1.33 bits per heavy atom. The van der Waals surface area contributed by atoms with Crippen LogP contribution in [0.15, 0.2) is 12.3 Å². The number of halogens is 1. The number of anilines is 1. The largest absolute Gasteiger partial charge is 0.392 e. The first-order valence-corrected chi connectivity index (χ1v) is 6.70. The molecular weight excluding hydrogens is 231 g/mol. The summed E-state index contributed by atoms with van der Waals surface area (Å²) in [5, 5.41) is 9.31. The monoisotopic (exact) mass is 252 g/mol. The van der Waals surface area contributed by atoms with E-state index in [-0.39, 0.29) is 6.61 Å². The third-order valence-electron chi connectivity index (χ3n) is 3.79. The first kappa shape index (κ1) is 13.3.